The molecule has 8 nitrogen and oxygen atoms in total. The molecule has 134 valence electrons. The van der Waals surface area contributed by atoms with E-state index in [0.717, 1.165) is 43.7 Å². The Hall–Kier alpha value is -3.16. The molecule has 2 aromatic heterocycles. The third-order valence-electron chi connectivity index (χ3n) is 4.38. The number of benzene rings is 1. The Morgan fingerprint density at radius 2 is 2.08 bits per heavy atom. The second kappa shape index (κ2) is 7.38. The molecule has 1 amide bonds. The fourth-order valence-electron chi connectivity index (χ4n) is 3.08. The zero-order valence-corrected chi connectivity index (χ0v) is 14.4. The van der Waals surface area contributed by atoms with Crippen molar-refractivity contribution >= 4 is 34.5 Å². The predicted octanol–water partition coefficient (Wildman–Crippen LogP) is 2.52. The van der Waals surface area contributed by atoms with Gasteiger partial charge in [-0.15, -0.1) is 0 Å². The molecule has 1 saturated heterocycles. The number of para-hydroxylation sites is 1. The first-order chi connectivity index (χ1) is 12.8. The number of likely N-dealkylation sites (tertiary alicyclic amines) is 1. The standard InChI is InChI=1S/C18H21N7O/c26-14-8-4-10-25(14)11-5-9-19-16-15-17(21-12-20-15)24-18(23-16)22-13-6-2-1-3-7-13/h1-3,6-7,12H,4-5,8-11H2,(H3,19,20,21,22,23,24). The van der Waals surface area contributed by atoms with E-state index >= 15 is 0 Å². The van der Waals surface area contributed by atoms with Gasteiger partial charge in [-0.05, 0) is 25.0 Å². The van der Waals surface area contributed by atoms with Crippen molar-refractivity contribution in [3.8, 4) is 0 Å². The zero-order chi connectivity index (χ0) is 17.8. The number of nitrogens with zero attached hydrogens (tertiary/aromatic N) is 4. The topological polar surface area (TPSA) is 98.8 Å². The molecule has 1 aliphatic rings. The van der Waals surface area contributed by atoms with Crippen LogP contribution < -0.4 is 10.6 Å². The fourth-order valence-corrected chi connectivity index (χ4v) is 3.08. The molecule has 8 heteroatoms. The number of aromatic amines is 1. The van der Waals surface area contributed by atoms with Crippen molar-refractivity contribution < 1.29 is 4.79 Å². The van der Waals surface area contributed by atoms with E-state index in [-0.39, 0.29) is 5.91 Å². The monoisotopic (exact) mass is 351 g/mol. The number of H-pyrrole nitrogens is 1. The largest absolute Gasteiger partial charge is 0.368 e. The van der Waals surface area contributed by atoms with Crippen molar-refractivity contribution in [3.63, 3.8) is 0 Å². The minimum atomic E-state index is 0.261. The van der Waals surface area contributed by atoms with Crippen molar-refractivity contribution in [2.24, 2.45) is 0 Å². The van der Waals surface area contributed by atoms with Gasteiger partial charge >= 0.3 is 0 Å². The molecule has 3 N–H and O–H groups in total. The van der Waals surface area contributed by atoms with Gasteiger partial charge in [0.05, 0.1) is 6.33 Å². The van der Waals surface area contributed by atoms with Crippen molar-refractivity contribution in [3.05, 3.63) is 36.7 Å². The summed E-state index contributed by atoms with van der Waals surface area (Å²) < 4.78 is 0. The van der Waals surface area contributed by atoms with Crippen molar-refractivity contribution in [1.82, 2.24) is 24.8 Å². The number of amides is 1. The van der Waals surface area contributed by atoms with Crippen molar-refractivity contribution in [2.45, 2.75) is 19.3 Å². The van der Waals surface area contributed by atoms with Gasteiger partial charge in [-0.1, -0.05) is 18.2 Å². The zero-order valence-electron chi connectivity index (χ0n) is 14.4. The fraction of sp³-hybridized carbons (Fsp3) is 0.333. The maximum atomic E-state index is 11.7. The van der Waals surface area contributed by atoms with Crippen LogP contribution in [0, 0.1) is 0 Å². The van der Waals surface area contributed by atoms with Gasteiger partial charge in [0.1, 0.15) is 5.52 Å². The quantitative estimate of drug-likeness (QED) is 0.566. The normalized spacial score (nSPS) is 14.2. The van der Waals surface area contributed by atoms with E-state index in [1.54, 1.807) is 6.33 Å². The molecule has 0 radical (unpaired) electrons. The Kier molecular flexibility index (Phi) is 4.63. The van der Waals surface area contributed by atoms with Gasteiger partial charge in [0.2, 0.25) is 11.9 Å². The molecule has 3 heterocycles. The van der Waals surface area contributed by atoms with Gasteiger partial charge < -0.3 is 20.5 Å². The van der Waals surface area contributed by atoms with E-state index in [1.807, 2.05) is 35.2 Å². The summed E-state index contributed by atoms with van der Waals surface area (Å²) in [7, 11) is 0. The lowest BCUT2D eigenvalue weighted by atomic mass is 10.3. The number of imidazole rings is 1. The number of nitrogens with one attached hydrogen (secondary N) is 3. The number of fused-ring (bicyclic) bond motifs is 1. The first-order valence-corrected chi connectivity index (χ1v) is 8.84. The van der Waals surface area contributed by atoms with Crippen LogP contribution in [0.3, 0.4) is 0 Å². The van der Waals surface area contributed by atoms with E-state index in [9.17, 15) is 4.79 Å². The average molecular weight is 351 g/mol. The number of rotatable bonds is 7. The molecule has 0 atom stereocenters. The van der Waals surface area contributed by atoms with Gasteiger partial charge in [-0.2, -0.15) is 9.97 Å². The van der Waals surface area contributed by atoms with Crippen LogP contribution in [0.25, 0.3) is 11.2 Å². The lowest BCUT2D eigenvalue weighted by Gasteiger charge is -2.15. The molecular formula is C18H21N7O. The number of carbonyl (C=O) groups excluding carboxylic acids is 1. The highest BCUT2D eigenvalue weighted by molar-refractivity contribution is 5.84. The second-order valence-electron chi connectivity index (χ2n) is 6.25. The average Bonchev–Trinajstić information content (AvgIpc) is 3.28. The highest BCUT2D eigenvalue weighted by atomic mass is 16.2. The van der Waals surface area contributed by atoms with Crippen molar-refractivity contribution in [1.29, 1.82) is 0 Å². The second-order valence-corrected chi connectivity index (χ2v) is 6.25. The Bertz CT molecular complexity index is 893. The summed E-state index contributed by atoms with van der Waals surface area (Å²) in [6, 6.07) is 9.78. The first-order valence-electron chi connectivity index (χ1n) is 8.84. The highest BCUT2D eigenvalue weighted by Crippen LogP contribution is 2.21. The van der Waals surface area contributed by atoms with E-state index in [2.05, 4.69) is 30.6 Å². The van der Waals surface area contributed by atoms with Crippen LogP contribution in [0.2, 0.25) is 0 Å². The van der Waals surface area contributed by atoms with Gasteiger partial charge in [0.25, 0.3) is 0 Å². The third kappa shape index (κ3) is 3.58. The number of carbonyl (C=O) groups is 1. The molecule has 4 rings (SSSR count). The predicted molar refractivity (Wildman–Crippen MR) is 100 cm³/mol. The summed E-state index contributed by atoms with van der Waals surface area (Å²) in [6.07, 6.45) is 4.14. The number of hydrogen-bond acceptors (Lipinski definition) is 6. The van der Waals surface area contributed by atoms with Gasteiger partial charge in [-0.25, -0.2) is 4.98 Å². The van der Waals surface area contributed by atoms with E-state index in [4.69, 9.17) is 0 Å². The van der Waals surface area contributed by atoms with Gasteiger partial charge in [0.15, 0.2) is 11.5 Å². The summed E-state index contributed by atoms with van der Waals surface area (Å²) in [5.74, 6) is 1.46. The SMILES string of the molecule is O=C1CCCN1CCCNc1nc(Nc2ccccc2)nc2nc[nH]c12. The Morgan fingerprint density at radius 3 is 2.88 bits per heavy atom. The lowest BCUT2D eigenvalue weighted by molar-refractivity contribution is -0.127. The summed E-state index contributed by atoms with van der Waals surface area (Å²) in [6.45, 7) is 2.38. The molecule has 1 aliphatic heterocycles. The summed E-state index contributed by atoms with van der Waals surface area (Å²) >= 11 is 0. The van der Waals surface area contributed by atoms with E-state index < -0.39 is 0 Å². The summed E-state index contributed by atoms with van der Waals surface area (Å²) in [4.78, 5) is 29.9. The van der Waals surface area contributed by atoms with Gasteiger partial charge in [0, 0.05) is 31.7 Å². The maximum Gasteiger partial charge on any atom is 0.231 e. The number of anilines is 3. The van der Waals surface area contributed by atoms with Crippen LogP contribution in [0.4, 0.5) is 17.5 Å². The molecule has 0 saturated carbocycles. The molecule has 0 spiro atoms. The first kappa shape index (κ1) is 16.3. The van der Waals surface area contributed by atoms with Gasteiger partial charge in [-0.3, -0.25) is 4.79 Å². The summed E-state index contributed by atoms with van der Waals surface area (Å²) in [5.41, 5.74) is 2.30. The minimum Gasteiger partial charge on any atom is -0.368 e. The van der Waals surface area contributed by atoms with Crippen LogP contribution >= 0.6 is 0 Å². The Morgan fingerprint density at radius 1 is 1.19 bits per heavy atom. The van der Waals surface area contributed by atoms with E-state index in [1.165, 1.54) is 0 Å². The van der Waals surface area contributed by atoms with Crippen LogP contribution in [-0.2, 0) is 4.79 Å². The molecular weight excluding hydrogens is 330 g/mol. The molecule has 0 bridgehead atoms. The van der Waals surface area contributed by atoms with Crippen LogP contribution in [0.5, 0.6) is 0 Å². The highest BCUT2D eigenvalue weighted by Gasteiger charge is 2.19. The third-order valence-corrected chi connectivity index (χ3v) is 4.38. The van der Waals surface area contributed by atoms with E-state index in [0.29, 0.717) is 23.8 Å². The number of hydrogen-bond donors (Lipinski definition) is 3. The Balaban J connectivity index is 1.43. The molecule has 0 aliphatic carbocycles. The molecule has 1 fully saturated rings. The molecule has 3 aromatic rings. The molecule has 0 unspecified atom stereocenters. The molecule has 1 aromatic carbocycles. The Labute approximate surface area is 151 Å². The minimum absolute atomic E-state index is 0.261. The van der Waals surface area contributed by atoms with Crippen LogP contribution in [0.1, 0.15) is 19.3 Å². The van der Waals surface area contributed by atoms with Crippen molar-refractivity contribution in [2.75, 3.05) is 30.3 Å². The van der Waals surface area contributed by atoms with Crippen LogP contribution in [-0.4, -0.2) is 50.4 Å². The van der Waals surface area contributed by atoms with Crippen LogP contribution in [0.15, 0.2) is 36.7 Å². The smallest absolute Gasteiger partial charge is 0.231 e. The lowest BCUT2D eigenvalue weighted by Crippen LogP contribution is -2.27. The molecule has 26 heavy (non-hydrogen) atoms. The maximum absolute atomic E-state index is 11.7. The summed E-state index contributed by atoms with van der Waals surface area (Å²) in [5, 5.41) is 6.54. The number of aromatic nitrogens is 4.